The Kier molecular flexibility index (Phi) is 9.00. The Bertz CT molecular complexity index is 396. The number of aliphatic carboxylic acids is 1. The van der Waals surface area contributed by atoms with Crippen molar-refractivity contribution in [2.24, 2.45) is 5.92 Å². The monoisotopic (exact) mass is 299 g/mol. The molecule has 0 aromatic rings. The minimum atomic E-state index is -1.14. The maximum absolute atomic E-state index is 11.7. The number of rotatable bonds is 10. The molecular formula is C14H25N3O4. The van der Waals surface area contributed by atoms with E-state index in [2.05, 4.69) is 10.6 Å². The Balaban J connectivity index is 4.25. The molecule has 4 N–H and O–H groups in total. The number of hydrogen-bond acceptors (Lipinski definition) is 4. The van der Waals surface area contributed by atoms with Gasteiger partial charge in [0.25, 0.3) is 5.91 Å². The summed E-state index contributed by atoms with van der Waals surface area (Å²) in [6.45, 7) is 5.65. The van der Waals surface area contributed by atoms with E-state index < -0.39 is 29.6 Å². The average Bonchev–Trinajstić information content (AvgIpc) is 2.43. The number of unbranched alkanes of at least 4 members (excludes halogenated alkanes) is 1. The zero-order valence-electron chi connectivity index (χ0n) is 12.9. The molecule has 0 saturated carbocycles. The molecule has 0 aliphatic heterocycles. The van der Waals surface area contributed by atoms with Gasteiger partial charge >= 0.3 is 5.97 Å². The van der Waals surface area contributed by atoms with Gasteiger partial charge in [-0.2, -0.15) is 0 Å². The first-order valence-electron chi connectivity index (χ1n) is 7.16. The van der Waals surface area contributed by atoms with Gasteiger partial charge in [0.2, 0.25) is 5.78 Å². The number of amides is 1. The zero-order valence-corrected chi connectivity index (χ0v) is 12.9. The van der Waals surface area contributed by atoms with Crippen LogP contribution in [-0.2, 0) is 14.4 Å². The van der Waals surface area contributed by atoms with Crippen LogP contribution in [0.3, 0.4) is 0 Å². The molecule has 1 unspecified atom stereocenters. The number of carboxylic acids is 1. The summed E-state index contributed by atoms with van der Waals surface area (Å²) in [5.74, 6) is -2.59. The lowest BCUT2D eigenvalue weighted by Crippen LogP contribution is -2.45. The van der Waals surface area contributed by atoms with Gasteiger partial charge in [0, 0.05) is 12.5 Å². The van der Waals surface area contributed by atoms with E-state index in [0.29, 0.717) is 31.6 Å². The number of carbonyl (C=O) groups excluding carboxylic acids is 2. The van der Waals surface area contributed by atoms with Gasteiger partial charge in [-0.3, -0.25) is 15.0 Å². The van der Waals surface area contributed by atoms with Gasteiger partial charge in [-0.05, 0) is 32.6 Å². The van der Waals surface area contributed by atoms with Crippen LogP contribution in [0.15, 0.2) is 0 Å². The minimum absolute atomic E-state index is 0.258. The molecule has 0 radical (unpaired) electrons. The first kappa shape index (κ1) is 19.1. The van der Waals surface area contributed by atoms with Gasteiger partial charge in [0.1, 0.15) is 6.04 Å². The Morgan fingerprint density at radius 3 is 2.33 bits per heavy atom. The van der Waals surface area contributed by atoms with E-state index in [4.69, 9.17) is 10.5 Å². The summed E-state index contributed by atoms with van der Waals surface area (Å²) in [6.07, 6.45) is 2.07. The van der Waals surface area contributed by atoms with Crippen LogP contribution in [0.4, 0.5) is 0 Å². The van der Waals surface area contributed by atoms with Gasteiger partial charge in [-0.1, -0.05) is 13.8 Å². The predicted molar refractivity (Wildman–Crippen MR) is 79.3 cm³/mol. The summed E-state index contributed by atoms with van der Waals surface area (Å²) in [7, 11) is 0. The second-order valence-electron chi connectivity index (χ2n) is 5.09. The first-order chi connectivity index (χ1) is 9.79. The average molecular weight is 299 g/mol. The molecule has 0 bridgehead atoms. The fourth-order valence-corrected chi connectivity index (χ4v) is 1.65. The van der Waals surface area contributed by atoms with Crippen LogP contribution in [0.25, 0.3) is 0 Å². The lowest BCUT2D eigenvalue weighted by atomic mass is 10.0. The van der Waals surface area contributed by atoms with Gasteiger partial charge in [-0.15, -0.1) is 0 Å². The molecule has 0 aromatic heterocycles. The highest BCUT2D eigenvalue weighted by Crippen LogP contribution is 2.05. The number of amidine groups is 1. The second-order valence-corrected chi connectivity index (χ2v) is 5.09. The van der Waals surface area contributed by atoms with E-state index in [0.717, 1.165) is 0 Å². The summed E-state index contributed by atoms with van der Waals surface area (Å²) in [6, 6.07) is -1.05. The molecule has 0 aromatic carbocycles. The third-order valence-electron chi connectivity index (χ3n) is 3.20. The quantitative estimate of drug-likeness (QED) is 0.207. The normalized spacial score (nSPS) is 13.1. The summed E-state index contributed by atoms with van der Waals surface area (Å²) >= 11 is 0. The molecular weight excluding hydrogens is 274 g/mol. The van der Waals surface area contributed by atoms with E-state index >= 15 is 0 Å². The van der Waals surface area contributed by atoms with Crippen LogP contribution < -0.4 is 10.6 Å². The fourth-order valence-electron chi connectivity index (χ4n) is 1.65. The molecule has 0 heterocycles. The lowest BCUT2D eigenvalue weighted by molar-refractivity contribution is -0.145. The molecule has 0 saturated heterocycles. The van der Waals surface area contributed by atoms with Crippen LogP contribution in [-0.4, -0.2) is 41.2 Å². The van der Waals surface area contributed by atoms with Crippen molar-refractivity contribution in [3.63, 3.8) is 0 Å². The fraction of sp³-hybridized carbons (Fsp3) is 0.714. The third-order valence-corrected chi connectivity index (χ3v) is 3.20. The smallest absolute Gasteiger partial charge is 0.326 e. The molecule has 0 fully saturated rings. The van der Waals surface area contributed by atoms with Crippen LogP contribution in [0.1, 0.15) is 46.5 Å². The number of hydrogen-bond donors (Lipinski definition) is 4. The molecule has 0 aliphatic rings. The first-order valence-corrected chi connectivity index (χ1v) is 7.16. The highest BCUT2D eigenvalue weighted by atomic mass is 16.4. The summed E-state index contributed by atoms with van der Waals surface area (Å²) in [5, 5.41) is 21.4. The molecule has 120 valence electrons. The molecule has 2 atom stereocenters. The highest BCUT2D eigenvalue weighted by Gasteiger charge is 2.25. The standard InChI is InChI=1S/C14H25N3O4/c1-4-9(2)12(18)13(19)17-11(14(20)21)7-5-6-8-16-10(3)15/h9,11H,4-8H2,1-3H3,(H2,15,16)(H,17,19)(H,20,21)/t9?,11-/m0/s1. The van der Waals surface area contributed by atoms with Crippen molar-refractivity contribution in [1.82, 2.24) is 10.6 Å². The highest BCUT2D eigenvalue weighted by molar-refractivity contribution is 6.37. The Morgan fingerprint density at radius 2 is 1.86 bits per heavy atom. The topological polar surface area (TPSA) is 119 Å². The van der Waals surface area contributed by atoms with Crippen molar-refractivity contribution in [3.05, 3.63) is 0 Å². The Labute approximate surface area is 125 Å². The number of nitrogens with one attached hydrogen (secondary N) is 3. The van der Waals surface area contributed by atoms with Crippen LogP contribution in [0.5, 0.6) is 0 Å². The Hall–Kier alpha value is -1.92. The number of ketones is 1. The molecule has 1 amide bonds. The number of carbonyl (C=O) groups is 3. The van der Waals surface area contributed by atoms with E-state index in [1.54, 1.807) is 20.8 Å². The summed E-state index contributed by atoms with van der Waals surface area (Å²) < 4.78 is 0. The van der Waals surface area contributed by atoms with Crippen LogP contribution in [0, 0.1) is 11.3 Å². The number of carboxylic acid groups (broad SMARTS) is 1. The van der Waals surface area contributed by atoms with E-state index in [1.807, 2.05) is 0 Å². The van der Waals surface area contributed by atoms with E-state index in [1.165, 1.54) is 0 Å². The second kappa shape index (κ2) is 9.90. The van der Waals surface area contributed by atoms with Crippen molar-refractivity contribution < 1.29 is 19.5 Å². The predicted octanol–water partition coefficient (Wildman–Crippen LogP) is 0.928. The molecule has 0 spiro atoms. The van der Waals surface area contributed by atoms with Crippen molar-refractivity contribution in [2.45, 2.75) is 52.5 Å². The number of Topliss-reactive ketones (excluding diaryl/α,β-unsaturated/α-hetero) is 1. The SMILES string of the molecule is CCC(C)C(=O)C(=O)N[C@@H](CCCCNC(C)=N)C(=O)O. The Morgan fingerprint density at radius 1 is 1.24 bits per heavy atom. The minimum Gasteiger partial charge on any atom is -0.480 e. The van der Waals surface area contributed by atoms with Gasteiger partial charge < -0.3 is 15.7 Å². The van der Waals surface area contributed by atoms with Crippen LogP contribution >= 0.6 is 0 Å². The van der Waals surface area contributed by atoms with Crippen molar-refractivity contribution in [1.29, 1.82) is 5.41 Å². The third kappa shape index (κ3) is 8.06. The molecule has 7 nitrogen and oxygen atoms in total. The maximum atomic E-state index is 11.7. The van der Waals surface area contributed by atoms with Crippen molar-refractivity contribution >= 4 is 23.5 Å². The largest absolute Gasteiger partial charge is 0.480 e. The van der Waals surface area contributed by atoms with Gasteiger partial charge in [0.05, 0.1) is 5.84 Å². The molecule has 0 aliphatic carbocycles. The summed E-state index contributed by atoms with van der Waals surface area (Å²) in [5.41, 5.74) is 0. The summed E-state index contributed by atoms with van der Waals surface area (Å²) in [4.78, 5) is 34.4. The van der Waals surface area contributed by atoms with E-state index in [-0.39, 0.29) is 6.42 Å². The molecule has 0 rings (SSSR count). The molecule has 7 heteroatoms. The zero-order chi connectivity index (χ0) is 16.4. The maximum Gasteiger partial charge on any atom is 0.326 e. The van der Waals surface area contributed by atoms with Gasteiger partial charge in [0.15, 0.2) is 0 Å². The van der Waals surface area contributed by atoms with Crippen LogP contribution in [0.2, 0.25) is 0 Å². The van der Waals surface area contributed by atoms with Crippen molar-refractivity contribution in [2.75, 3.05) is 6.54 Å². The lowest BCUT2D eigenvalue weighted by Gasteiger charge is -2.15. The molecule has 21 heavy (non-hydrogen) atoms. The van der Waals surface area contributed by atoms with Gasteiger partial charge in [-0.25, -0.2) is 4.79 Å². The van der Waals surface area contributed by atoms with E-state index in [9.17, 15) is 14.4 Å². The van der Waals surface area contributed by atoms with Crippen molar-refractivity contribution in [3.8, 4) is 0 Å².